The van der Waals surface area contributed by atoms with E-state index in [2.05, 4.69) is 43.6 Å². The van der Waals surface area contributed by atoms with Gasteiger partial charge in [-0.15, -0.1) is 0 Å². The molecule has 0 bridgehead atoms. The van der Waals surface area contributed by atoms with E-state index in [1.54, 1.807) is 0 Å². The van der Waals surface area contributed by atoms with Crippen molar-refractivity contribution >= 4 is 21.7 Å². The highest BCUT2D eigenvalue weighted by molar-refractivity contribution is 9.10. The molecule has 0 aromatic carbocycles. The normalized spacial score (nSPS) is 39.4. The van der Waals surface area contributed by atoms with Crippen molar-refractivity contribution in [3.05, 3.63) is 0 Å². The molecule has 12 heavy (non-hydrogen) atoms. The largest absolute Gasteiger partial charge is 0.298 e. The maximum absolute atomic E-state index is 11.5. The molecule has 2 atom stereocenters. The molecule has 0 aromatic rings. The number of Topliss-reactive ketones (excluding diaryl/α,β-unsaturated/α-hetero) is 1. The topological polar surface area (TPSA) is 17.1 Å². The fourth-order valence-corrected chi connectivity index (χ4v) is 3.46. The minimum Gasteiger partial charge on any atom is -0.298 e. The van der Waals surface area contributed by atoms with Crippen LogP contribution in [-0.4, -0.2) is 10.6 Å². The predicted octanol–water partition coefficient (Wildman–Crippen LogP) is 3.17. The quantitative estimate of drug-likeness (QED) is 0.669. The lowest BCUT2D eigenvalue weighted by atomic mass is 9.49. The van der Waals surface area contributed by atoms with Gasteiger partial charge in [-0.2, -0.15) is 0 Å². The van der Waals surface area contributed by atoms with Crippen LogP contribution in [0.1, 0.15) is 40.5 Å². The number of carbonyl (C=O) groups excluding carboxylic acids is 1. The van der Waals surface area contributed by atoms with Gasteiger partial charge in [0.1, 0.15) is 0 Å². The van der Waals surface area contributed by atoms with Gasteiger partial charge in [0.15, 0.2) is 5.78 Å². The molecule has 1 aliphatic rings. The summed E-state index contributed by atoms with van der Waals surface area (Å²) < 4.78 is 0. The molecular formula is C10H17BrO. The maximum atomic E-state index is 11.5. The first-order chi connectivity index (χ1) is 5.38. The molecule has 1 aliphatic carbocycles. The van der Waals surface area contributed by atoms with Gasteiger partial charge in [0.05, 0.1) is 4.83 Å². The van der Waals surface area contributed by atoms with E-state index < -0.39 is 0 Å². The van der Waals surface area contributed by atoms with Gasteiger partial charge < -0.3 is 0 Å². The second-order valence-corrected chi connectivity index (χ2v) is 5.43. The van der Waals surface area contributed by atoms with Gasteiger partial charge in [0, 0.05) is 5.41 Å². The van der Waals surface area contributed by atoms with Crippen LogP contribution in [0, 0.1) is 10.8 Å². The van der Waals surface area contributed by atoms with Crippen molar-refractivity contribution in [1.82, 2.24) is 0 Å². The van der Waals surface area contributed by atoms with Crippen molar-refractivity contribution in [3.63, 3.8) is 0 Å². The van der Waals surface area contributed by atoms with Gasteiger partial charge in [-0.25, -0.2) is 0 Å². The zero-order valence-electron chi connectivity index (χ0n) is 8.28. The Hall–Kier alpha value is 0.150. The molecule has 0 heterocycles. The standard InChI is InChI=1S/C10H17BrO/c1-5-6-10(4)7(11)8(12)9(10,2)3/h7H,5-6H2,1-4H3. The number of hydrogen-bond acceptors (Lipinski definition) is 1. The van der Waals surface area contributed by atoms with E-state index in [9.17, 15) is 4.79 Å². The number of carbonyl (C=O) groups is 1. The summed E-state index contributed by atoms with van der Waals surface area (Å²) in [5.74, 6) is 0.360. The van der Waals surface area contributed by atoms with E-state index in [4.69, 9.17) is 0 Å². The van der Waals surface area contributed by atoms with Crippen molar-refractivity contribution in [2.75, 3.05) is 0 Å². The number of ketones is 1. The molecule has 1 saturated carbocycles. The molecule has 70 valence electrons. The number of rotatable bonds is 2. The Bertz CT molecular complexity index is 210. The first-order valence-electron chi connectivity index (χ1n) is 4.56. The summed E-state index contributed by atoms with van der Waals surface area (Å²) in [6.07, 6.45) is 2.27. The van der Waals surface area contributed by atoms with E-state index in [1.807, 2.05) is 0 Å². The molecule has 0 aliphatic heterocycles. The Morgan fingerprint density at radius 2 is 1.92 bits per heavy atom. The third kappa shape index (κ3) is 1.00. The third-order valence-electron chi connectivity index (χ3n) is 3.60. The summed E-state index contributed by atoms with van der Waals surface area (Å²) in [7, 11) is 0. The molecule has 0 N–H and O–H groups in total. The minimum atomic E-state index is -0.128. The second-order valence-electron chi connectivity index (χ2n) is 4.52. The zero-order valence-corrected chi connectivity index (χ0v) is 9.86. The highest BCUT2D eigenvalue weighted by Crippen LogP contribution is 2.58. The Morgan fingerprint density at radius 1 is 1.42 bits per heavy atom. The minimum absolute atomic E-state index is 0.0833. The van der Waals surface area contributed by atoms with Gasteiger partial charge in [0.2, 0.25) is 0 Å². The van der Waals surface area contributed by atoms with Crippen molar-refractivity contribution in [1.29, 1.82) is 0 Å². The van der Waals surface area contributed by atoms with Crippen LogP contribution >= 0.6 is 15.9 Å². The van der Waals surface area contributed by atoms with Gasteiger partial charge >= 0.3 is 0 Å². The smallest absolute Gasteiger partial charge is 0.153 e. The van der Waals surface area contributed by atoms with Gasteiger partial charge in [-0.05, 0) is 11.8 Å². The van der Waals surface area contributed by atoms with E-state index in [-0.39, 0.29) is 15.7 Å². The monoisotopic (exact) mass is 232 g/mol. The van der Waals surface area contributed by atoms with Crippen LogP contribution < -0.4 is 0 Å². The summed E-state index contributed by atoms with van der Waals surface area (Å²) >= 11 is 3.48. The summed E-state index contributed by atoms with van der Waals surface area (Å²) in [5.41, 5.74) is 0.0377. The van der Waals surface area contributed by atoms with E-state index >= 15 is 0 Å². The molecule has 0 amide bonds. The van der Waals surface area contributed by atoms with Crippen LogP contribution in [0.15, 0.2) is 0 Å². The van der Waals surface area contributed by atoms with E-state index in [0.29, 0.717) is 5.78 Å². The molecule has 1 nitrogen and oxygen atoms in total. The summed E-state index contributed by atoms with van der Waals surface area (Å²) in [6, 6.07) is 0. The second kappa shape index (κ2) is 2.83. The molecule has 2 unspecified atom stereocenters. The molecular weight excluding hydrogens is 216 g/mol. The Kier molecular flexibility index (Phi) is 2.41. The number of hydrogen-bond donors (Lipinski definition) is 0. The first kappa shape index (κ1) is 10.2. The average molecular weight is 233 g/mol. The highest BCUT2D eigenvalue weighted by Gasteiger charge is 2.62. The lowest BCUT2D eigenvalue weighted by Gasteiger charge is -2.56. The summed E-state index contributed by atoms with van der Waals surface area (Å²) in [6.45, 7) is 8.49. The zero-order chi connectivity index (χ0) is 9.57. The van der Waals surface area contributed by atoms with Crippen LogP contribution in [0.25, 0.3) is 0 Å². The van der Waals surface area contributed by atoms with Crippen molar-refractivity contribution in [3.8, 4) is 0 Å². The Labute approximate surface area is 83.0 Å². The Balaban J connectivity index is 2.85. The summed E-state index contributed by atoms with van der Waals surface area (Å²) in [5, 5.41) is 0. The molecule has 0 radical (unpaired) electrons. The van der Waals surface area contributed by atoms with Crippen LogP contribution in [0.4, 0.5) is 0 Å². The van der Waals surface area contributed by atoms with E-state index in [0.717, 1.165) is 12.8 Å². The van der Waals surface area contributed by atoms with E-state index in [1.165, 1.54) is 0 Å². The van der Waals surface area contributed by atoms with Crippen molar-refractivity contribution < 1.29 is 4.79 Å². The maximum Gasteiger partial charge on any atom is 0.153 e. The highest BCUT2D eigenvalue weighted by atomic mass is 79.9. The fraction of sp³-hybridized carbons (Fsp3) is 0.900. The van der Waals surface area contributed by atoms with Gasteiger partial charge in [-0.1, -0.05) is 50.0 Å². The molecule has 0 saturated heterocycles. The average Bonchev–Trinajstić information content (AvgIpc) is 2.02. The third-order valence-corrected chi connectivity index (χ3v) is 5.03. The number of alkyl halides is 1. The van der Waals surface area contributed by atoms with Gasteiger partial charge in [-0.3, -0.25) is 4.79 Å². The molecule has 0 spiro atoms. The molecule has 1 fully saturated rings. The number of halogens is 1. The SMILES string of the molecule is CCCC1(C)C(Br)C(=O)C1(C)C. The molecule has 0 aromatic heterocycles. The van der Waals surface area contributed by atoms with Gasteiger partial charge in [0.25, 0.3) is 0 Å². The lowest BCUT2D eigenvalue weighted by Crippen LogP contribution is -2.63. The van der Waals surface area contributed by atoms with Crippen LogP contribution in [0.3, 0.4) is 0 Å². The summed E-state index contributed by atoms with van der Waals surface area (Å²) in [4.78, 5) is 11.6. The van der Waals surface area contributed by atoms with Crippen molar-refractivity contribution in [2.24, 2.45) is 10.8 Å². The van der Waals surface area contributed by atoms with Crippen LogP contribution in [-0.2, 0) is 4.79 Å². The lowest BCUT2D eigenvalue weighted by molar-refractivity contribution is -0.152. The van der Waals surface area contributed by atoms with Crippen molar-refractivity contribution in [2.45, 2.75) is 45.4 Å². The van der Waals surface area contributed by atoms with Crippen LogP contribution in [0.5, 0.6) is 0 Å². The Morgan fingerprint density at radius 3 is 2.25 bits per heavy atom. The van der Waals surface area contributed by atoms with Crippen LogP contribution in [0.2, 0.25) is 0 Å². The molecule has 2 heteroatoms. The molecule has 1 rings (SSSR count). The first-order valence-corrected chi connectivity index (χ1v) is 5.48. The fourth-order valence-electron chi connectivity index (χ4n) is 2.09. The predicted molar refractivity (Wildman–Crippen MR) is 54.5 cm³/mol.